The van der Waals surface area contributed by atoms with Gasteiger partial charge in [-0.1, -0.05) is 56.3 Å². The van der Waals surface area contributed by atoms with Crippen LogP contribution in [0, 0.1) is 5.92 Å². The molecule has 3 rings (SSSR count). The highest BCUT2D eigenvalue weighted by molar-refractivity contribution is 9.10. The molecule has 156 valence electrons. The van der Waals surface area contributed by atoms with Gasteiger partial charge in [0.25, 0.3) is 5.91 Å². The minimum Gasteiger partial charge on any atom is -0.444 e. The van der Waals surface area contributed by atoms with E-state index >= 15 is 0 Å². The standard InChI is InChI=1S/C24H25BrN2O3/c1-16(2)20(18-6-4-3-5-7-18)15-26-23(28)14-17-8-10-19(11-9-17)27-24(29)21-12-13-22(25)30-21/h3-13,16,20H,14-15H2,1-2H3,(H,26,28)(H,27,29). The molecule has 1 aromatic heterocycles. The summed E-state index contributed by atoms with van der Waals surface area (Å²) in [6, 6.07) is 20.7. The molecule has 6 heteroatoms. The van der Waals surface area contributed by atoms with E-state index in [9.17, 15) is 9.59 Å². The molecule has 0 fully saturated rings. The molecule has 0 spiro atoms. The maximum atomic E-state index is 12.4. The second-order valence-electron chi connectivity index (χ2n) is 7.50. The predicted octanol–water partition coefficient (Wildman–Crippen LogP) is 5.39. The molecule has 2 aromatic carbocycles. The highest BCUT2D eigenvalue weighted by atomic mass is 79.9. The quantitative estimate of drug-likeness (QED) is 0.465. The summed E-state index contributed by atoms with van der Waals surface area (Å²) in [7, 11) is 0. The van der Waals surface area contributed by atoms with E-state index < -0.39 is 0 Å². The summed E-state index contributed by atoms with van der Waals surface area (Å²) < 4.78 is 5.74. The van der Waals surface area contributed by atoms with E-state index in [1.807, 2.05) is 30.3 Å². The number of rotatable bonds is 8. The Bertz CT molecular complexity index is 981. The van der Waals surface area contributed by atoms with Crippen molar-refractivity contribution in [2.75, 3.05) is 11.9 Å². The lowest BCUT2D eigenvalue weighted by molar-refractivity contribution is -0.120. The van der Waals surface area contributed by atoms with Crippen LogP contribution in [0.2, 0.25) is 0 Å². The Hall–Kier alpha value is -2.86. The first kappa shape index (κ1) is 21.8. The molecule has 1 heterocycles. The van der Waals surface area contributed by atoms with Crippen molar-refractivity contribution in [1.29, 1.82) is 0 Å². The van der Waals surface area contributed by atoms with Gasteiger partial charge in [0.05, 0.1) is 6.42 Å². The van der Waals surface area contributed by atoms with Crippen molar-refractivity contribution in [3.63, 3.8) is 0 Å². The summed E-state index contributed by atoms with van der Waals surface area (Å²) >= 11 is 3.18. The van der Waals surface area contributed by atoms with Crippen molar-refractivity contribution in [3.8, 4) is 0 Å². The molecule has 3 aromatic rings. The van der Waals surface area contributed by atoms with Crippen LogP contribution in [0.3, 0.4) is 0 Å². The zero-order valence-electron chi connectivity index (χ0n) is 17.0. The lowest BCUT2D eigenvalue weighted by Gasteiger charge is -2.22. The Morgan fingerprint density at radius 3 is 2.27 bits per heavy atom. The largest absolute Gasteiger partial charge is 0.444 e. The summed E-state index contributed by atoms with van der Waals surface area (Å²) in [6.45, 7) is 4.93. The number of hydrogen-bond donors (Lipinski definition) is 2. The average molecular weight is 469 g/mol. The average Bonchev–Trinajstić information content (AvgIpc) is 3.17. The van der Waals surface area contributed by atoms with E-state index in [0.717, 1.165) is 5.56 Å². The summed E-state index contributed by atoms with van der Waals surface area (Å²) in [5, 5.41) is 5.82. The van der Waals surface area contributed by atoms with Crippen molar-refractivity contribution in [2.45, 2.75) is 26.2 Å². The van der Waals surface area contributed by atoms with E-state index in [2.05, 4.69) is 52.5 Å². The first-order chi connectivity index (χ1) is 14.4. The van der Waals surface area contributed by atoms with Gasteiger partial charge in [-0.05, 0) is 57.2 Å². The summed E-state index contributed by atoms with van der Waals surface area (Å²) in [6.07, 6.45) is 0.291. The van der Waals surface area contributed by atoms with Crippen molar-refractivity contribution >= 4 is 33.4 Å². The van der Waals surface area contributed by atoms with Crippen molar-refractivity contribution < 1.29 is 14.0 Å². The van der Waals surface area contributed by atoms with Crippen LogP contribution in [0.5, 0.6) is 0 Å². The van der Waals surface area contributed by atoms with Gasteiger partial charge >= 0.3 is 0 Å². The Balaban J connectivity index is 1.52. The van der Waals surface area contributed by atoms with Gasteiger partial charge in [-0.15, -0.1) is 0 Å². The number of carbonyl (C=O) groups excluding carboxylic acids is 2. The zero-order chi connectivity index (χ0) is 21.5. The van der Waals surface area contributed by atoms with Crippen LogP contribution in [0.15, 0.2) is 75.8 Å². The van der Waals surface area contributed by atoms with Crippen molar-refractivity contribution in [3.05, 3.63) is 88.3 Å². The van der Waals surface area contributed by atoms with E-state index in [-0.39, 0.29) is 23.5 Å². The second kappa shape index (κ2) is 10.3. The SMILES string of the molecule is CC(C)C(CNC(=O)Cc1ccc(NC(=O)c2ccc(Br)o2)cc1)c1ccccc1. The van der Waals surface area contributed by atoms with E-state index in [0.29, 0.717) is 29.2 Å². The minimum absolute atomic E-state index is 0.0196. The fourth-order valence-corrected chi connectivity index (χ4v) is 3.55. The molecule has 0 radical (unpaired) electrons. The smallest absolute Gasteiger partial charge is 0.291 e. The summed E-state index contributed by atoms with van der Waals surface area (Å²) in [5.41, 5.74) is 2.75. The number of hydrogen-bond acceptors (Lipinski definition) is 3. The number of halogens is 1. The molecule has 0 saturated heterocycles. The molecule has 1 unspecified atom stereocenters. The van der Waals surface area contributed by atoms with Crippen molar-refractivity contribution in [2.24, 2.45) is 5.92 Å². The maximum absolute atomic E-state index is 12.4. The van der Waals surface area contributed by atoms with E-state index in [1.165, 1.54) is 5.56 Å². The third kappa shape index (κ3) is 6.07. The second-order valence-corrected chi connectivity index (χ2v) is 8.28. The summed E-state index contributed by atoms with van der Waals surface area (Å²) in [5.74, 6) is 0.573. The van der Waals surface area contributed by atoms with Gasteiger partial charge in [0.2, 0.25) is 5.91 Å². The minimum atomic E-state index is -0.327. The van der Waals surface area contributed by atoms with Gasteiger partial charge < -0.3 is 15.1 Å². The van der Waals surface area contributed by atoms with Crippen molar-refractivity contribution in [1.82, 2.24) is 5.32 Å². The predicted molar refractivity (Wildman–Crippen MR) is 122 cm³/mol. The third-order valence-electron chi connectivity index (χ3n) is 4.93. The normalized spacial score (nSPS) is 11.9. The number of benzene rings is 2. The highest BCUT2D eigenvalue weighted by Crippen LogP contribution is 2.23. The van der Waals surface area contributed by atoms with Gasteiger partial charge in [0.15, 0.2) is 10.4 Å². The van der Waals surface area contributed by atoms with Gasteiger partial charge in [-0.25, -0.2) is 0 Å². The molecule has 5 nitrogen and oxygen atoms in total. The number of amides is 2. The molecule has 2 N–H and O–H groups in total. The van der Waals surface area contributed by atoms with Gasteiger partial charge in [0, 0.05) is 18.2 Å². The number of nitrogens with one attached hydrogen (secondary N) is 2. The topological polar surface area (TPSA) is 71.3 Å². The molecule has 1 atom stereocenters. The molecular formula is C24H25BrN2O3. The third-order valence-corrected chi connectivity index (χ3v) is 5.35. The molecule has 0 aliphatic heterocycles. The van der Waals surface area contributed by atoms with E-state index in [4.69, 9.17) is 4.42 Å². The van der Waals surface area contributed by atoms with Crippen LogP contribution in [0.25, 0.3) is 0 Å². The Kier molecular flexibility index (Phi) is 7.46. The van der Waals surface area contributed by atoms with Gasteiger partial charge in [-0.2, -0.15) is 0 Å². The van der Waals surface area contributed by atoms with Crippen LogP contribution in [0.1, 0.15) is 41.4 Å². The maximum Gasteiger partial charge on any atom is 0.291 e. The Morgan fingerprint density at radius 2 is 1.67 bits per heavy atom. The Morgan fingerprint density at radius 1 is 0.967 bits per heavy atom. The van der Waals surface area contributed by atoms with E-state index in [1.54, 1.807) is 24.3 Å². The molecule has 0 saturated carbocycles. The van der Waals surface area contributed by atoms with Crippen LogP contribution in [0.4, 0.5) is 5.69 Å². The van der Waals surface area contributed by atoms with Crippen LogP contribution < -0.4 is 10.6 Å². The lowest BCUT2D eigenvalue weighted by Crippen LogP contribution is -2.31. The molecular weight excluding hydrogens is 444 g/mol. The van der Waals surface area contributed by atoms with Gasteiger partial charge in [-0.3, -0.25) is 9.59 Å². The number of furan rings is 1. The fourth-order valence-electron chi connectivity index (χ4n) is 3.25. The van der Waals surface area contributed by atoms with Crippen LogP contribution in [-0.4, -0.2) is 18.4 Å². The first-order valence-electron chi connectivity index (χ1n) is 9.89. The number of carbonyl (C=O) groups is 2. The molecule has 0 aliphatic rings. The van der Waals surface area contributed by atoms with Crippen LogP contribution >= 0.6 is 15.9 Å². The van der Waals surface area contributed by atoms with Gasteiger partial charge in [0.1, 0.15) is 0 Å². The lowest BCUT2D eigenvalue weighted by atomic mass is 9.88. The number of anilines is 1. The molecule has 0 aliphatic carbocycles. The molecule has 0 bridgehead atoms. The molecule has 2 amide bonds. The zero-order valence-corrected chi connectivity index (χ0v) is 18.6. The highest BCUT2D eigenvalue weighted by Gasteiger charge is 2.17. The Labute approximate surface area is 185 Å². The first-order valence-corrected chi connectivity index (χ1v) is 10.7. The van der Waals surface area contributed by atoms with Crippen LogP contribution in [-0.2, 0) is 11.2 Å². The summed E-state index contributed by atoms with van der Waals surface area (Å²) in [4.78, 5) is 24.5. The fraction of sp³-hybridized carbons (Fsp3) is 0.250. The monoisotopic (exact) mass is 468 g/mol. The molecule has 30 heavy (non-hydrogen) atoms.